The van der Waals surface area contributed by atoms with Crippen LogP contribution in [0.3, 0.4) is 0 Å². The zero-order valence-corrected chi connectivity index (χ0v) is 19.8. The number of hydrogen-bond donors (Lipinski definition) is 1. The van der Waals surface area contributed by atoms with Crippen molar-refractivity contribution in [3.05, 3.63) is 71.8 Å². The monoisotopic (exact) mass is 420 g/mol. The summed E-state index contributed by atoms with van der Waals surface area (Å²) in [6, 6.07) is 23.2. The third-order valence-electron chi connectivity index (χ3n) is 6.87. The number of likely N-dealkylation sites (tertiary alicyclic amines) is 1. The molecule has 1 aliphatic heterocycles. The lowest BCUT2D eigenvalue weighted by atomic mass is 10.00. The largest absolute Gasteiger partial charge is 0.313 e. The van der Waals surface area contributed by atoms with Gasteiger partial charge in [0.2, 0.25) is 0 Å². The quantitative estimate of drug-likeness (QED) is 0.331. The van der Waals surface area contributed by atoms with Crippen molar-refractivity contribution in [1.82, 2.24) is 10.2 Å². The molecule has 0 aliphatic carbocycles. The van der Waals surface area contributed by atoms with Crippen molar-refractivity contribution >= 4 is 0 Å². The first kappa shape index (κ1) is 24.0. The first-order valence-electron chi connectivity index (χ1n) is 12.9. The van der Waals surface area contributed by atoms with E-state index >= 15 is 0 Å². The second kappa shape index (κ2) is 14.4. The van der Waals surface area contributed by atoms with Crippen LogP contribution in [0, 0.1) is 0 Å². The van der Waals surface area contributed by atoms with Gasteiger partial charge in [-0.15, -0.1) is 0 Å². The second-order valence-electron chi connectivity index (χ2n) is 9.56. The maximum atomic E-state index is 3.86. The van der Waals surface area contributed by atoms with Crippen LogP contribution in [0.15, 0.2) is 60.7 Å². The summed E-state index contributed by atoms with van der Waals surface area (Å²) in [6.07, 6.45) is 14.9. The van der Waals surface area contributed by atoms with E-state index < -0.39 is 0 Å². The van der Waals surface area contributed by atoms with Crippen LogP contribution in [-0.4, -0.2) is 30.1 Å². The molecule has 0 radical (unpaired) electrons. The minimum Gasteiger partial charge on any atom is -0.313 e. The molecule has 31 heavy (non-hydrogen) atoms. The van der Waals surface area contributed by atoms with Crippen molar-refractivity contribution in [1.29, 1.82) is 0 Å². The zero-order valence-electron chi connectivity index (χ0n) is 19.8. The molecule has 2 heteroatoms. The first-order valence-corrected chi connectivity index (χ1v) is 12.9. The lowest BCUT2D eigenvalue weighted by Crippen LogP contribution is -2.46. The van der Waals surface area contributed by atoms with Crippen LogP contribution < -0.4 is 5.32 Å². The van der Waals surface area contributed by atoms with Crippen molar-refractivity contribution < 1.29 is 0 Å². The van der Waals surface area contributed by atoms with Crippen molar-refractivity contribution in [2.75, 3.05) is 13.1 Å². The molecule has 2 atom stereocenters. The van der Waals surface area contributed by atoms with Gasteiger partial charge < -0.3 is 5.32 Å². The molecule has 2 unspecified atom stereocenters. The first-order chi connectivity index (χ1) is 15.3. The van der Waals surface area contributed by atoms with Gasteiger partial charge in [0.1, 0.15) is 0 Å². The lowest BCUT2D eigenvalue weighted by Gasteiger charge is -2.36. The van der Waals surface area contributed by atoms with E-state index in [-0.39, 0.29) is 0 Å². The fourth-order valence-electron chi connectivity index (χ4n) is 4.89. The maximum Gasteiger partial charge on any atom is 0.0237 e. The molecular formula is C29H44N2. The predicted octanol–water partition coefficient (Wildman–Crippen LogP) is 6.99. The Bertz CT molecular complexity index is 684. The Hall–Kier alpha value is -1.64. The van der Waals surface area contributed by atoms with Gasteiger partial charge in [0, 0.05) is 25.2 Å². The molecule has 170 valence electrons. The summed E-state index contributed by atoms with van der Waals surface area (Å²) in [5.74, 6) is 0. The molecule has 2 aromatic rings. The number of aryl methyl sites for hydroxylation is 1. The number of benzene rings is 2. The van der Waals surface area contributed by atoms with Gasteiger partial charge >= 0.3 is 0 Å². The topological polar surface area (TPSA) is 15.3 Å². The Labute approximate surface area is 191 Å². The molecular weight excluding hydrogens is 376 g/mol. The van der Waals surface area contributed by atoms with E-state index in [1.54, 1.807) is 0 Å². The summed E-state index contributed by atoms with van der Waals surface area (Å²) in [4.78, 5) is 2.70. The Morgan fingerprint density at radius 3 is 2.19 bits per heavy atom. The van der Waals surface area contributed by atoms with Crippen LogP contribution in [0.25, 0.3) is 0 Å². The molecule has 0 aromatic heterocycles. The highest BCUT2D eigenvalue weighted by Gasteiger charge is 2.22. The minimum absolute atomic E-state index is 0.638. The molecule has 0 spiro atoms. The Balaban J connectivity index is 1.22. The fourth-order valence-corrected chi connectivity index (χ4v) is 4.89. The Morgan fingerprint density at radius 2 is 1.45 bits per heavy atom. The van der Waals surface area contributed by atoms with Crippen LogP contribution in [0.1, 0.15) is 82.3 Å². The molecule has 3 rings (SSSR count). The highest BCUT2D eigenvalue weighted by molar-refractivity contribution is 5.15. The van der Waals surface area contributed by atoms with Gasteiger partial charge in [0.15, 0.2) is 0 Å². The lowest BCUT2D eigenvalue weighted by molar-refractivity contribution is 0.134. The summed E-state index contributed by atoms with van der Waals surface area (Å²) in [7, 11) is 0. The number of unbranched alkanes of at least 4 members (excludes halogenated alkanes) is 5. The molecule has 2 aromatic carbocycles. The van der Waals surface area contributed by atoms with E-state index in [2.05, 4.69) is 77.8 Å². The summed E-state index contributed by atoms with van der Waals surface area (Å²) in [6.45, 7) is 5.88. The summed E-state index contributed by atoms with van der Waals surface area (Å²) >= 11 is 0. The standard InChI is InChI=1S/C29H44N2/c1-26(16-8-4-2-3-5-9-17-27-18-10-6-11-19-27)30-24-29-22-14-15-23-31(29)25-28-20-12-7-13-21-28/h6-7,10-13,18-21,26,29-30H,2-5,8-9,14-17,22-25H2,1H3. The second-order valence-corrected chi connectivity index (χ2v) is 9.56. The van der Waals surface area contributed by atoms with E-state index in [4.69, 9.17) is 0 Å². The number of hydrogen-bond acceptors (Lipinski definition) is 2. The number of nitrogens with one attached hydrogen (secondary N) is 1. The smallest absolute Gasteiger partial charge is 0.0237 e. The third-order valence-corrected chi connectivity index (χ3v) is 6.87. The third kappa shape index (κ3) is 9.58. The Kier molecular flexibility index (Phi) is 11.2. The summed E-state index contributed by atoms with van der Waals surface area (Å²) in [5, 5.41) is 3.86. The van der Waals surface area contributed by atoms with E-state index in [1.807, 2.05) is 0 Å². The molecule has 1 fully saturated rings. The van der Waals surface area contributed by atoms with Crippen molar-refractivity contribution in [3.63, 3.8) is 0 Å². The van der Waals surface area contributed by atoms with Gasteiger partial charge in [-0.25, -0.2) is 0 Å². The normalized spacial score (nSPS) is 18.2. The van der Waals surface area contributed by atoms with Gasteiger partial charge in [0.25, 0.3) is 0 Å². The summed E-state index contributed by atoms with van der Waals surface area (Å²) < 4.78 is 0. The molecule has 0 saturated carbocycles. The Morgan fingerprint density at radius 1 is 0.806 bits per heavy atom. The average Bonchev–Trinajstić information content (AvgIpc) is 2.81. The summed E-state index contributed by atoms with van der Waals surface area (Å²) in [5.41, 5.74) is 2.94. The average molecular weight is 421 g/mol. The van der Waals surface area contributed by atoms with Gasteiger partial charge in [-0.2, -0.15) is 0 Å². The molecule has 0 amide bonds. The fraction of sp³-hybridized carbons (Fsp3) is 0.586. The van der Waals surface area contributed by atoms with E-state index in [0.717, 1.165) is 13.1 Å². The van der Waals surface area contributed by atoms with E-state index in [1.165, 1.54) is 88.3 Å². The van der Waals surface area contributed by atoms with Crippen LogP contribution in [0.4, 0.5) is 0 Å². The molecule has 1 aliphatic rings. The van der Waals surface area contributed by atoms with Gasteiger partial charge in [0.05, 0.1) is 0 Å². The highest BCUT2D eigenvalue weighted by Crippen LogP contribution is 2.19. The maximum absolute atomic E-state index is 3.86. The van der Waals surface area contributed by atoms with E-state index in [0.29, 0.717) is 12.1 Å². The zero-order chi connectivity index (χ0) is 21.6. The number of piperidine rings is 1. The van der Waals surface area contributed by atoms with Crippen molar-refractivity contribution in [3.8, 4) is 0 Å². The molecule has 1 heterocycles. The molecule has 2 nitrogen and oxygen atoms in total. The molecule has 0 bridgehead atoms. The van der Waals surface area contributed by atoms with Crippen LogP contribution in [-0.2, 0) is 13.0 Å². The molecule has 1 saturated heterocycles. The van der Waals surface area contributed by atoms with Crippen molar-refractivity contribution in [2.24, 2.45) is 0 Å². The van der Waals surface area contributed by atoms with Gasteiger partial charge in [-0.3, -0.25) is 4.90 Å². The predicted molar refractivity (Wildman–Crippen MR) is 134 cm³/mol. The number of nitrogens with zero attached hydrogens (tertiary/aromatic N) is 1. The highest BCUT2D eigenvalue weighted by atomic mass is 15.2. The molecule has 1 N–H and O–H groups in total. The van der Waals surface area contributed by atoms with Crippen LogP contribution in [0.5, 0.6) is 0 Å². The van der Waals surface area contributed by atoms with Gasteiger partial charge in [-0.05, 0) is 56.7 Å². The van der Waals surface area contributed by atoms with Crippen LogP contribution >= 0.6 is 0 Å². The van der Waals surface area contributed by atoms with Crippen molar-refractivity contribution in [2.45, 2.75) is 96.2 Å². The van der Waals surface area contributed by atoms with Crippen LogP contribution in [0.2, 0.25) is 0 Å². The van der Waals surface area contributed by atoms with Gasteiger partial charge in [-0.1, -0.05) is 99.2 Å². The number of rotatable bonds is 14. The van der Waals surface area contributed by atoms with E-state index in [9.17, 15) is 0 Å². The minimum atomic E-state index is 0.638. The SMILES string of the molecule is CC(CCCCCCCCc1ccccc1)NCC1CCCCN1Cc1ccccc1.